The van der Waals surface area contributed by atoms with Gasteiger partial charge in [-0.15, -0.1) is 0 Å². The Kier molecular flexibility index (Phi) is 7.27. The molecule has 7 heteroatoms. The number of rotatable bonds is 8. The summed E-state index contributed by atoms with van der Waals surface area (Å²) < 4.78 is 26.8. The van der Waals surface area contributed by atoms with E-state index in [0.717, 1.165) is 28.0 Å². The van der Waals surface area contributed by atoms with E-state index in [1.807, 2.05) is 24.3 Å². The van der Waals surface area contributed by atoms with E-state index in [1.165, 1.54) is 32.9 Å². The lowest BCUT2D eigenvalue weighted by Gasteiger charge is -2.30. The normalized spacial score (nSPS) is 20.1. The number of carbonyl (C=O) groups is 1. The molecule has 3 rings (SSSR count). The highest BCUT2D eigenvalue weighted by molar-refractivity contribution is 7.89. The number of nitrogens with one attached hydrogen (secondary N) is 2. The van der Waals surface area contributed by atoms with Crippen LogP contribution in [-0.2, 0) is 14.8 Å². The Morgan fingerprint density at radius 3 is 2.69 bits per heavy atom. The Hall–Kier alpha value is -1.96. The molecule has 6 nitrogen and oxygen atoms in total. The number of hydrogen-bond acceptors (Lipinski definition) is 3. The monoisotopic (exact) mass is 418 g/mol. The number of carbonyl (C=O) groups excluding carboxylic acids is 1. The molecule has 0 saturated carbocycles. The number of piperidine rings is 1. The van der Waals surface area contributed by atoms with Crippen molar-refractivity contribution in [2.24, 2.45) is 0 Å². The molecule has 2 aromatic rings. The minimum absolute atomic E-state index is 0.178. The summed E-state index contributed by atoms with van der Waals surface area (Å²) in [5.74, 6) is -0.265. The first-order chi connectivity index (χ1) is 13.9. The summed E-state index contributed by atoms with van der Waals surface area (Å²) in [6.45, 7) is 4.95. The molecule has 1 aliphatic rings. The van der Waals surface area contributed by atoms with Gasteiger partial charge < -0.3 is 10.2 Å². The Bertz CT molecular complexity index is 945. The number of hydrogen-bond donors (Lipinski definition) is 2. The number of amides is 1. The molecule has 29 heavy (non-hydrogen) atoms. The predicted octanol–water partition coefficient (Wildman–Crippen LogP) is 1.42. The smallest absolute Gasteiger partial charge is 0.243 e. The van der Waals surface area contributed by atoms with Gasteiger partial charge in [-0.1, -0.05) is 30.3 Å². The third-order valence-corrected chi connectivity index (χ3v) is 7.67. The lowest BCUT2D eigenvalue weighted by Crippen LogP contribution is -3.16. The van der Waals surface area contributed by atoms with E-state index in [2.05, 4.69) is 12.2 Å². The first kappa shape index (κ1) is 21.7. The van der Waals surface area contributed by atoms with Crippen molar-refractivity contribution in [2.45, 2.75) is 43.5 Å². The fraction of sp³-hybridized carbons (Fsp3) is 0.500. The molecule has 0 radical (unpaired) electrons. The number of likely N-dealkylation sites (tertiary alicyclic amines) is 1. The number of quaternary nitrogens is 1. The number of nitrogens with zero attached hydrogens (tertiary/aromatic N) is 1. The molecule has 0 spiro atoms. The summed E-state index contributed by atoms with van der Waals surface area (Å²) in [5, 5.41) is 4.71. The molecular formula is C22H32N3O3S+. The summed E-state index contributed by atoms with van der Waals surface area (Å²) in [6.07, 6.45) is 4.79. The number of benzene rings is 2. The Morgan fingerprint density at radius 1 is 1.17 bits per heavy atom. The molecule has 158 valence electrons. The predicted molar refractivity (Wildman–Crippen MR) is 115 cm³/mol. The zero-order valence-corrected chi connectivity index (χ0v) is 18.2. The zero-order chi connectivity index (χ0) is 20.9. The SMILES string of the molecule is C[C@@H]1CCCC[NH+]1CCCNC(=O)CN(C)S(=O)(=O)c1ccc2ccccc2c1. The summed E-state index contributed by atoms with van der Waals surface area (Å²) in [4.78, 5) is 14.1. The van der Waals surface area contributed by atoms with E-state index in [-0.39, 0.29) is 17.3 Å². The fourth-order valence-corrected chi connectivity index (χ4v) is 5.18. The molecule has 2 aromatic carbocycles. The maximum Gasteiger partial charge on any atom is 0.243 e. The first-order valence-corrected chi connectivity index (χ1v) is 11.9. The second kappa shape index (κ2) is 9.69. The Balaban J connectivity index is 1.50. The third kappa shape index (κ3) is 5.56. The molecule has 0 aromatic heterocycles. The van der Waals surface area contributed by atoms with Gasteiger partial charge in [-0.3, -0.25) is 4.79 Å². The third-order valence-electron chi connectivity index (χ3n) is 5.87. The largest absolute Gasteiger partial charge is 0.355 e. The number of likely N-dealkylation sites (N-methyl/N-ethyl adjacent to an activating group) is 1. The number of sulfonamides is 1. The van der Waals surface area contributed by atoms with Gasteiger partial charge in [0.25, 0.3) is 0 Å². The zero-order valence-electron chi connectivity index (χ0n) is 17.4. The van der Waals surface area contributed by atoms with Gasteiger partial charge in [-0.05, 0) is 49.1 Å². The van der Waals surface area contributed by atoms with Gasteiger partial charge in [0.05, 0.1) is 30.6 Å². The van der Waals surface area contributed by atoms with Crippen LogP contribution in [0.15, 0.2) is 47.4 Å². The van der Waals surface area contributed by atoms with Crippen LogP contribution < -0.4 is 10.2 Å². The van der Waals surface area contributed by atoms with Crippen LogP contribution in [0.25, 0.3) is 10.8 Å². The highest BCUT2D eigenvalue weighted by Gasteiger charge is 2.24. The molecule has 2 N–H and O–H groups in total. The van der Waals surface area contributed by atoms with E-state index in [1.54, 1.807) is 23.1 Å². The molecule has 1 unspecified atom stereocenters. The Labute approximate surface area is 173 Å². The molecule has 1 saturated heterocycles. The van der Waals surface area contributed by atoms with Gasteiger partial charge >= 0.3 is 0 Å². The summed E-state index contributed by atoms with van der Waals surface area (Å²) in [7, 11) is -2.26. The van der Waals surface area contributed by atoms with Crippen LogP contribution in [0.1, 0.15) is 32.6 Å². The number of fused-ring (bicyclic) bond motifs is 1. The average Bonchev–Trinajstić information content (AvgIpc) is 2.72. The van der Waals surface area contributed by atoms with Crippen LogP contribution in [-0.4, -0.2) is 57.9 Å². The van der Waals surface area contributed by atoms with Crippen molar-refractivity contribution >= 4 is 26.7 Å². The standard InChI is InChI=1S/C22H31N3O3S/c1-18-8-5-6-14-25(18)15-7-13-23-22(26)17-24(2)29(27,28)21-12-11-19-9-3-4-10-20(19)16-21/h3-4,9-12,16,18H,5-8,13-15,17H2,1-2H3,(H,23,26)/p+1/t18-/m1/s1. The van der Waals surface area contributed by atoms with Crippen LogP contribution in [0.5, 0.6) is 0 Å². The minimum Gasteiger partial charge on any atom is -0.355 e. The Morgan fingerprint density at radius 2 is 1.93 bits per heavy atom. The van der Waals surface area contributed by atoms with Crippen molar-refractivity contribution in [1.82, 2.24) is 9.62 Å². The van der Waals surface area contributed by atoms with E-state index in [4.69, 9.17) is 0 Å². The second-order valence-corrected chi connectivity index (χ2v) is 10.1. The van der Waals surface area contributed by atoms with Gasteiger partial charge in [-0.2, -0.15) is 4.31 Å². The molecule has 1 heterocycles. The summed E-state index contributed by atoms with van der Waals surface area (Å²) in [5.41, 5.74) is 0. The van der Waals surface area contributed by atoms with Gasteiger partial charge in [-0.25, -0.2) is 8.42 Å². The highest BCUT2D eigenvalue weighted by atomic mass is 32.2. The minimum atomic E-state index is -3.71. The average molecular weight is 419 g/mol. The first-order valence-electron chi connectivity index (χ1n) is 10.4. The van der Waals surface area contributed by atoms with E-state index < -0.39 is 10.0 Å². The van der Waals surface area contributed by atoms with E-state index in [0.29, 0.717) is 12.6 Å². The maximum atomic E-state index is 12.8. The van der Waals surface area contributed by atoms with Crippen molar-refractivity contribution in [3.8, 4) is 0 Å². The summed E-state index contributed by atoms with van der Waals surface area (Å²) >= 11 is 0. The second-order valence-electron chi connectivity index (χ2n) is 8.03. The van der Waals surface area contributed by atoms with Crippen LogP contribution in [0, 0.1) is 0 Å². The lowest BCUT2D eigenvalue weighted by atomic mass is 10.0. The molecule has 2 atom stereocenters. The van der Waals surface area contributed by atoms with Crippen LogP contribution in [0.4, 0.5) is 0 Å². The van der Waals surface area contributed by atoms with Crippen LogP contribution >= 0.6 is 0 Å². The summed E-state index contributed by atoms with van der Waals surface area (Å²) in [6, 6.07) is 13.3. The molecular weight excluding hydrogens is 386 g/mol. The van der Waals surface area contributed by atoms with Gasteiger partial charge in [0.15, 0.2) is 0 Å². The van der Waals surface area contributed by atoms with Crippen LogP contribution in [0.2, 0.25) is 0 Å². The van der Waals surface area contributed by atoms with E-state index in [9.17, 15) is 13.2 Å². The maximum absolute atomic E-state index is 12.8. The van der Waals surface area contributed by atoms with Crippen LogP contribution in [0.3, 0.4) is 0 Å². The molecule has 1 amide bonds. The topological polar surface area (TPSA) is 70.9 Å². The van der Waals surface area contributed by atoms with Crippen molar-refractivity contribution < 1.29 is 18.1 Å². The highest BCUT2D eigenvalue weighted by Crippen LogP contribution is 2.21. The quantitative estimate of drug-likeness (QED) is 0.637. The molecule has 0 aliphatic carbocycles. The van der Waals surface area contributed by atoms with Gasteiger partial charge in [0.2, 0.25) is 15.9 Å². The van der Waals surface area contributed by atoms with Crippen molar-refractivity contribution in [2.75, 3.05) is 33.2 Å². The molecule has 0 bridgehead atoms. The van der Waals surface area contributed by atoms with Gasteiger partial charge in [0.1, 0.15) is 0 Å². The van der Waals surface area contributed by atoms with Crippen molar-refractivity contribution in [3.63, 3.8) is 0 Å². The van der Waals surface area contributed by atoms with Crippen molar-refractivity contribution in [1.29, 1.82) is 0 Å². The lowest BCUT2D eigenvalue weighted by molar-refractivity contribution is -0.928. The molecule has 1 aliphatic heterocycles. The molecule has 1 fully saturated rings. The van der Waals surface area contributed by atoms with Crippen molar-refractivity contribution in [3.05, 3.63) is 42.5 Å². The fourth-order valence-electron chi connectivity index (χ4n) is 4.02. The van der Waals surface area contributed by atoms with Gasteiger partial charge in [0, 0.05) is 20.0 Å². The van der Waals surface area contributed by atoms with E-state index >= 15 is 0 Å².